The maximum absolute atomic E-state index is 11.4. The van der Waals surface area contributed by atoms with E-state index in [0.717, 1.165) is 0 Å². The third-order valence-corrected chi connectivity index (χ3v) is 2.66. The van der Waals surface area contributed by atoms with Crippen LogP contribution in [0.1, 0.15) is 0 Å². The highest BCUT2D eigenvalue weighted by molar-refractivity contribution is 7.47. The number of phosphoric acid groups is 1. The Bertz CT molecular complexity index is 360. The number of rotatable bonds is 4. The van der Waals surface area contributed by atoms with Crippen LogP contribution < -0.4 is 0 Å². The molecule has 18 heavy (non-hydrogen) atoms. The lowest BCUT2D eigenvalue weighted by Crippen LogP contribution is -2.28. The summed E-state index contributed by atoms with van der Waals surface area (Å²) >= 11 is 0. The zero-order valence-corrected chi connectivity index (χ0v) is 10.6. The summed E-state index contributed by atoms with van der Waals surface area (Å²) in [6, 6.07) is 0. The van der Waals surface area contributed by atoms with Gasteiger partial charge in [0, 0.05) is 0 Å². The number of carbonyl (C=O) groups excluding carboxylic acids is 2. The molecule has 0 spiro atoms. The quantitative estimate of drug-likeness (QED) is 0.736. The van der Waals surface area contributed by atoms with E-state index < -0.39 is 20.0 Å². The van der Waals surface area contributed by atoms with E-state index in [1.165, 1.54) is 0 Å². The van der Waals surface area contributed by atoms with Crippen molar-refractivity contribution in [2.24, 2.45) is 0 Å². The minimum Gasteiger partial charge on any atom is -0.446 e. The van der Waals surface area contributed by atoms with Gasteiger partial charge in [-0.05, 0) is 0 Å². The van der Waals surface area contributed by atoms with Crippen LogP contribution in [0.4, 0.5) is 9.59 Å². The van der Waals surface area contributed by atoms with E-state index in [2.05, 4.69) is 18.7 Å². The Morgan fingerprint density at radius 1 is 1.06 bits per heavy atom. The van der Waals surface area contributed by atoms with Gasteiger partial charge in [0.15, 0.2) is 0 Å². The molecule has 0 unspecified atom stereocenters. The van der Waals surface area contributed by atoms with Crippen LogP contribution in [-0.4, -0.2) is 53.5 Å². The molecule has 2 amide bonds. The molecule has 0 atom stereocenters. The molecule has 2 rings (SSSR count). The Labute approximate surface area is 107 Å². The highest BCUT2D eigenvalue weighted by atomic mass is 35.5. The number of hydroxylamine groups is 4. The van der Waals surface area contributed by atoms with Crippen LogP contribution in [0.25, 0.3) is 0 Å². The molecule has 0 aromatic heterocycles. The van der Waals surface area contributed by atoms with Crippen LogP contribution in [0.5, 0.6) is 0 Å². The third-order valence-electron chi connectivity index (χ3n) is 1.85. The lowest BCUT2D eigenvalue weighted by Gasteiger charge is -2.19. The van der Waals surface area contributed by atoms with Gasteiger partial charge in [0.2, 0.25) is 0 Å². The van der Waals surface area contributed by atoms with E-state index in [9.17, 15) is 19.0 Å². The molecular formula is C6H10ClN2O8P. The van der Waals surface area contributed by atoms with E-state index in [1.54, 1.807) is 0 Å². The summed E-state index contributed by atoms with van der Waals surface area (Å²) in [5.41, 5.74) is 0. The fourth-order valence-electron chi connectivity index (χ4n) is 1.17. The predicted molar refractivity (Wildman–Crippen MR) is 55.4 cm³/mol. The minimum absolute atomic E-state index is 0. The van der Waals surface area contributed by atoms with Crippen molar-refractivity contribution in [2.75, 3.05) is 26.3 Å². The molecule has 2 heterocycles. The lowest BCUT2D eigenvalue weighted by molar-refractivity contribution is -0.0883. The molecule has 2 aliphatic heterocycles. The monoisotopic (exact) mass is 304 g/mol. The fraction of sp³-hybridized carbons (Fsp3) is 0.667. The number of halogens is 1. The summed E-state index contributed by atoms with van der Waals surface area (Å²) in [4.78, 5) is 31.2. The van der Waals surface area contributed by atoms with Crippen LogP contribution in [0.3, 0.4) is 0 Å². The zero-order valence-electron chi connectivity index (χ0n) is 8.88. The molecular weight excluding hydrogens is 294 g/mol. The van der Waals surface area contributed by atoms with Crippen molar-refractivity contribution >= 4 is 32.4 Å². The Kier molecular flexibility index (Phi) is 4.77. The first-order valence-electron chi connectivity index (χ1n) is 4.59. The summed E-state index contributed by atoms with van der Waals surface area (Å²) in [6.45, 7) is 0.0869. The predicted octanol–water partition coefficient (Wildman–Crippen LogP) is 0.276. The maximum Gasteiger partial charge on any atom is 0.515 e. The molecule has 10 nitrogen and oxygen atoms in total. The Morgan fingerprint density at radius 3 is 1.72 bits per heavy atom. The Balaban J connectivity index is 0.00000162. The second-order valence-electron chi connectivity index (χ2n) is 3.06. The van der Waals surface area contributed by atoms with Crippen molar-refractivity contribution in [3.8, 4) is 0 Å². The van der Waals surface area contributed by atoms with Crippen molar-refractivity contribution in [1.82, 2.24) is 10.1 Å². The van der Waals surface area contributed by atoms with Crippen LogP contribution in [0.15, 0.2) is 0 Å². The van der Waals surface area contributed by atoms with E-state index in [0.29, 0.717) is 10.1 Å². The molecule has 0 aromatic rings. The number of hydrogen-bond donors (Lipinski definition) is 1. The van der Waals surface area contributed by atoms with Crippen LogP contribution in [0.2, 0.25) is 0 Å². The van der Waals surface area contributed by atoms with Gasteiger partial charge in [-0.2, -0.15) is 19.4 Å². The number of ether oxygens (including phenoxy) is 2. The minimum atomic E-state index is -4.62. The Morgan fingerprint density at radius 2 is 1.44 bits per heavy atom. The average molecular weight is 305 g/mol. The topological polar surface area (TPSA) is 115 Å². The van der Waals surface area contributed by atoms with E-state index >= 15 is 0 Å². The fourth-order valence-corrected chi connectivity index (χ4v) is 2.00. The largest absolute Gasteiger partial charge is 0.515 e. The zero-order chi connectivity index (χ0) is 12.5. The molecule has 0 aromatic carbocycles. The number of nitrogens with zero attached hydrogens (tertiary/aromatic N) is 2. The van der Waals surface area contributed by atoms with Crippen molar-refractivity contribution in [2.45, 2.75) is 0 Å². The first-order chi connectivity index (χ1) is 7.98. The molecule has 1 N–H and O–H groups in total. The van der Waals surface area contributed by atoms with Gasteiger partial charge in [-0.1, -0.05) is 0 Å². The molecule has 0 saturated carbocycles. The van der Waals surface area contributed by atoms with Crippen LogP contribution in [0, 0.1) is 0 Å². The van der Waals surface area contributed by atoms with Gasteiger partial charge in [0.05, 0.1) is 13.1 Å². The molecule has 0 radical (unpaired) electrons. The molecule has 2 aliphatic rings. The molecule has 0 aliphatic carbocycles. The summed E-state index contributed by atoms with van der Waals surface area (Å²) in [7, 11) is -4.62. The van der Waals surface area contributed by atoms with Crippen molar-refractivity contribution < 1.29 is 37.8 Å². The number of amides is 2. The van der Waals surface area contributed by atoms with Gasteiger partial charge in [-0.15, -0.1) is 12.4 Å². The summed E-state index contributed by atoms with van der Waals surface area (Å²) in [5, 5.41) is 1.09. The van der Waals surface area contributed by atoms with Crippen LogP contribution >= 0.6 is 20.2 Å². The van der Waals surface area contributed by atoms with Gasteiger partial charge in [-0.3, -0.25) is 4.89 Å². The number of hydrogen-bond acceptors (Lipinski definition) is 7. The van der Waals surface area contributed by atoms with Gasteiger partial charge >= 0.3 is 20.0 Å². The first-order valence-corrected chi connectivity index (χ1v) is 6.08. The van der Waals surface area contributed by atoms with Crippen LogP contribution in [-0.2, 0) is 23.3 Å². The SMILES string of the molecule is Cl.O=C1OCCN1OP(=O)(O)ON1CCOC1=O. The van der Waals surface area contributed by atoms with E-state index in [4.69, 9.17) is 0 Å². The molecule has 2 saturated heterocycles. The number of cyclic esters (lactones) is 2. The van der Waals surface area contributed by atoms with Crippen molar-refractivity contribution in [3.05, 3.63) is 0 Å². The second-order valence-corrected chi connectivity index (χ2v) is 4.33. The molecule has 12 heteroatoms. The number of carbonyl (C=O) groups is 2. The highest BCUT2D eigenvalue weighted by Gasteiger charge is 2.38. The van der Waals surface area contributed by atoms with Gasteiger partial charge in [0.1, 0.15) is 13.2 Å². The standard InChI is InChI=1S/C6H9N2O8P.ClH/c9-5-7(1-3-13-5)15-17(11,12)16-8-2-4-14-6(8)10;/h1-4H2,(H,11,12);1H. The second kappa shape index (κ2) is 5.72. The molecule has 0 bridgehead atoms. The van der Waals surface area contributed by atoms with Crippen molar-refractivity contribution in [3.63, 3.8) is 0 Å². The summed E-state index contributed by atoms with van der Waals surface area (Å²) in [6.07, 6.45) is -1.79. The normalized spacial score (nSPS) is 19.6. The summed E-state index contributed by atoms with van der Waals surface area (Å²) in [5.74, 6) is 0. The average Bonchev–Trinajstić information content (AvgIpc) is 2.78. The lowest BCUT2D eigenvalue weighted by atomic mass is 10.7. The Hall–Kier alpha value is -1.06. The third kappa shape index (κ3) is 3.47. The first kappa shape index (κ1) is 15.0. The van der Waals surface area contributed by atoms with Gasteiger partial charge < -0.3 is 9.47 Å². The van der Waals surface area contributed by atoms with E-state index in [1.807, 2.05) is 0 Å². The summed E-state index contributed by atoms with van der Waals surface area (Å²) < 4.78 is 29.2. The highest BCUT2D eigenvalue weighted by Crippen LogP contribution is 2.46. The van der Waals surface area contributed by atoms with E-state index in [-0.39, 0.29) is 38.7 Å². The van der Waals surface area contributed by atoms with Gasteiger partial charge in [0.25, 0.3) is 0 Å². The smallest absolute Gasteiger partial charge is 0.446 e. The molecule has 2 fully saturated rings. The molecule has 104 valence electrons. The maximum atomic E-state index is 11.4. The van der Waals surface area contributed by atoms with Gasteiger partial charge in [-0.25, -0.2) is 14.2 Å². The van der Waals surface area contributed by atoms with Crippen molar-refractivity contribution in [1.29, 1.82) is 0 Å².